The molecule has 0 saturated carbocycles. The second-order valence-corrected chi connectivity index (χ2v) is 4.70. The van der Waals surface area contributed by atoms with E-state index in [1.165, 1.54) is 5.56 Å². The summed E-state index contributed by atoms with van der Waals surface area (Å²) >= 11 is 0. The number of hydrogen-bond acceptors (Lipinski definition) is 4. The molecular weight excluding hydrogens is 252 g/mol. The van der Waals surface area contributed by atoms with Gasteiger partial charge in [0.1, 0.15) is 12.4 Å². The van der Waals surface area contributed by atoms with Crippen LogP contribution in [0.15, 0.2) is 41.2 Å². The van der Waals surface area contributed by atoms with Crippen molar-refractivity contribution in [2.75, 3.05) is 0 Å². The summed E-state index contributed by atoms with van der Waals surface area (Å²) < 4.78 is 7.33. The molecule has 2 heterocycles. The maximum absolute atomic E-state index is 5.31. The Kier molecular flexibility index (Phi) is 3.33. The van der Waals surface area contributed by atoms with Crippen LogP contribution in [0.3, 0.4) is 0 Å². The van der Waals surface area contributed by atoms with Crippen molar-refractivity contribution in [3.63, 3.8) is 0 Å². The topological polar surface area (TPSA) is 56.7 Å². The zero-order valence-electron chi connectivity index (χ0n) is 11.6. The van der Waals surface area contributed by atoms with E-state index in [-0.39, 0.29) is 0 Å². The van der Waals surface area contributed by atoms with E-state index in [1.807, 2.05) is 35.0 Å². The average molecular weight is 268 g/mol. The molecule has 3 aromatic rings. The highest BCUT2D eigenvalue weighted by Crippen LogP contribution is 2.16. The number of benzene rings is 1. The molecule has 0 saturated heterocycles. The quantitative estimate of drug-likeness (QED) is 0.730. The number of imidazole rings is 1. The van der Waals surface area contributed by atoms with Gasteiger partial charge in [0, 0.05) is 24.4 Å². The molecule has 5 heteroatoms. The SMILES string of the molecule is CCc1nccn1Cc1nc(-c2ccc(C)cc2)no1. The first kappa shape index (κ1) is 12.6. The lowest BCUT2D eigenvalue weighted by atomic mass is 10.1. The Morgan fingerprint density at radius 2 is 2.00 bits per heavy atom. The van der Waals surface area contributed by atoms with E-state index >= 15 is 0 Å². The van der Waals surface area contributed by atoms with Crippen LogP contribution in [0.25, 0.3) is 11.4 Å². The first-order valence-corrected chi connectivity index (χ1v) is 6.66. The maximum atomic E-state index is 5.31. The molecule has 0 atom stereocenters. The van der Waals surface area contributed by atoms with Gasteiger partial charge in [-0.1, -0.05) is 41.9 Å². The van der Waals surface area contributed by atoms with Crippen LogP contribution in [-0.4, -0.2) is 19.7 Å². The van der Waals surface area contributed by atoms with E-state index in [1.54, 1.807) is 6.20 Å². The van der Waals surface area contributed by atoms with E-state index < -0.39 is 0 Å². The third kappa shape index (κ3) is 2.47. The standard InChI is InChI=1S/C15H16N4O/c1-3-13-16-8-9-19(13)10-14-17-15(18-20-14)12-6-4-11(2)5-7-12/h4-9H,3,10H2,1-2H3. The first-order valence-electron chi connectivity index (χ1n) is 6.66. The second kappa shape index (κ2) is 5.28. The van der Waals surface area contributed by atoms with Crippen molar-refractivity contribution in [3.05, 3.63) is 53.9 Å². The average Bonchev–Trinajstić information content (AvgIpc) is 3.09. The molecule has 5 nitrogen and oxygen atoms in total. The molecule has 0 unspecified atom stereocenters. The van der Waals surface area contributed by atoms with Crippen LogP contribution in [0.5, 0.6) is 0 Å². The Bertz CT molecular complexity index is 697. The van der Waals surface area contributed by atoms with Crippen molar-refractivity contribution < 1.29 is 4.52 Å². The minimum Gasteiger partial charge on any atom is -0.337 e. The van der Waals surface area contributed by atoms with E-state index in [9.17, 15) is 0 Å². The van der Waals surface area contributed by atoms with Crippen molar-refractivity contribution in [3.8, 4) is 11.4 Å². The lowest BCUT2D eigenvalue weighted by molar-refractivity contribution is 0.370. The second-order valence-electron chi connectivity index (χ2n) is 4.70. The number of hydrogen-bond donors (Lipinski definition) is 0. The molecule has 0 bridgehead atoms. The summed E-state index contributed by atoms with van der Waals surface area (Å²) in [5.74, 6) is 2.23. The Balaban J connectivity index is 1.82. The Labute approximate surface area is 117 Å². The van der Waals surface area contributed by atoms with Gasteiger partial charge in [-0.2, -0.15) is 4.98 Å². The zero-order chi connectivity index (χ0) is 13.9. The maximum Gasteiger partial charge on any atom is 0.246 e. The normalized spacial score (nSPS) is 10.9. The van der Waals surface area contributed by atoms with Gasteiger partial charge in [-0.15, -0.1) is 0 Å². The van der Waals surface area contributed by atoms with Gasteiger partial charge in [0.25, 0.3) is 0 Å². The smallest absolute Gasteiger partial charge is 0.246 e. The summed E-state index contributed by atoms with van der Waals surface area (Å²) in [5.41, 5.74) is 2.18. The summed E-state index contributed by atoms with van der Waals surface area (Å²) in [6.45, 7) is 4.68. The number of aryl methyl sites for hydroxylation is 2. The van der Waals surface area contributed by atoms with Crippen LogP contribution < -0.4 is 0 Å². The summed E-state index contributed by atoms with van der Waals surface area (Å²) in [6, 6.07) is 8.07. The van der Waals surface area contributed by atoms with Gasteiger partial charge < -0.3 is 9.09 Å². The molecule has 0 aliphatic rings. The van der Waals surface area contributed by atoms with Crippen LogP contribution >= 0.6 is 0 Å². The number of aromatic nitrogens is 4. The summed E-state index contributed by atoms with van der Waals surface area (Å²) in [6.07, 6.45) is 4.59. The largest absolute Gasteiger partial charge is 0.337 e. The van der Waals surface area contributed by atoms with E-state index in [0.717, 1.165) is 17.8 Å². The van der Waals surface area contributed by atoms with E-state index in [4.69, 9.17) is 4.52 Å². The van der Waals surface area contributed by atoms with Gasteiger partial charge in [-0.25, -0.2) is 4.98 Å². The van der Waals surface area contributed by atoms with Crippen LogP contribution in [-0.2, 0) is 13.0 Å². The van der Waals surface area contributed by atoms with Crippen LogP contribution in [0, 0.1) is 6.92 Å². The van der Waals surface area contributed by atoms with E-state index in [2.05, 4.69) is 29.0 Å². The summed E-state index contributed by atoms with van der Waals surface area (Å²) in [5, 5.41) is 4.03. The Hall–Kier alpha value is -2.43. The zero-order valence-corrected chi connectivity index (χ0v) is 11.6. The Morgan fingerprint density at radius 3 is 2.75 bits per heavy atom. The molecule has 0 N–H and O–H groups in total. The molecule has 1 aromatic carbocycles. The molecule has 0 aliphatic heterocycles. The molecule has 102 valence electrons. The van der Waals surface area contributed by atoms with Gasteiger partial charge in [-0.05, 0) is 6.92 Å². The van der Waals surface area contributed by atoms with Crippen LogP contribution in [0.1, 0.15) is 24.2 Å². The third-order valence-electron chi connectivity index (χ3n) is 3.20. The van der Waals surface area contributed by atoms with Crippen LogP contribution in [0.4, 0.5) is 0 Å². The molecule has 0 amide bonds. The predicted octanol–water partition coefficient (Wildman–Crippen LogP) is 2.85. The highest BCUT2D eigenvalue weighted by Gasteiger charge is 2.10. The lowest BCUT2D eigenvalue weighted by Gasteiger charge is -2.01. The third-order valence-corrected chi connectivity index (χ3v) is 3.20. The van der Waals surface area contributed by atoms with Crippen molar-refractivity contribution in [1.29, 1.82) is 0 Å². The molecule has 2 aromatic heterocycles. The van der Waals surface area contributed by atoms with E-state index in [0.29, 0.717) is 18.3 Å². The Morgan fingerprint density at radius 1 is 1.20 bits per heavy atom. The van der Waals surface area contributed by atoms with Gasteiger partial charge in [-0.3, -0.25) is 0 Å². The fourth-order valence-electron chi connectivity index (χ4n) is 2.08. The predicted molar refractivity (Wildman–Crippen MR) is 75.2 cm³/mol. The minimum absolute atomic E-state index is 0.558. The van der Waals surface area contributed by atoms with Crippen LogP contribution in [0.2, 0.25) is 0 Å². The monoisotopic (exact) mass is 268 g/mol. The molecule has 0 radical (unpaired) electrons. The lowest BCUT2D eigenvalue weighted by Crippen LogP contribution is -2.03. The fraction of sp³-hybridized carbons (Fsp3) is 0.267. The van der Waals surface area contributed by atoms with Crippen molar-refractivity contribution in [2.24, 2.45) is 0 Å². The van der Waals surface area contributed by atoms with Gasteiger partial charge >= 0.3 is 0 Å². The molecule has 0 aliphatic carbocycles. The fourth-order valence-corrected chi connectivity index (χ4v) is 2.08. The van der Waals surface area contributed by atoms with Crippen molar-refractivity contribution in [1.82, 2.24) is 19.7 Å². The molecule has 0 spiro atoms. The number of rotatable bonds is 4. The minimum atomic E-state index is 0.558. The molecule has 0 fully saturated rings. The summed E-state index contributed by atoms with van der Waals surface area (Å²) in [7, 11) is 0. The highest BCUT2D eigenvalue weighted by molar-refractivity contribution is 5.54. The molecule has 20 heavy (non-hydrogen) atoms. The summed E-state index contributed by atoms with van der Waals surface area (Å²) in [4.78, 5) is 8.71. The molecule has 3 rings (SSSR count). The highest BCUT2D eigenvalue weighted by atomic mass is 16.5. The van der Waals surface area contributed by atoms with Crippen molar-refractivity contribution in [2.45, 2.75) is 26.8 Å². The van der Waals surface area contributed by atoms with Gasteiger partial charge in [0.15, 0.2) is 0 Å². The number of nitrogens with zero attached hydrogens (tertiary/aromatic N) is 4. The van der Waals surface area contributed by atoms with Gasteiger partial charge in [0.05, 0.1) is 0 Å². The van der Waals surface area contributed by atoms with Gasteiger partial charge in [0.2, 0.25) is 11.7 Å². The first-order chi connectivity index (χ1) is 9.76. The van der Waals surface area contributed by atoms with Crippen molar-refractivity contribution >= 4 is 0 Å². The molecular formula is C15H16N4O.